The largest absolute Gasteiger partial charge is 0.352 e. The van der Waals surface area contributed by atoms with Crippen molar-refractivity contribution in [3.8, 4) is 0 Å². The molecule has 0 spiro atoms. The summed E-state index contributed by atoms with van der Waals surface area (Å²) in [6.07, 6.45) is 0.647. The summed E-state index contributed by atoms with van der Waals surface area (Å²) in [5.74, 6) is -0.565. The third-order valence-corrected chi connectivity index (χ3v) is 5.53. The summed E-state index contributed by atoms with van der Waals surface area (Å²) in [6, 6.07) is 14.0. The maximum absolute atomic E-state index is 13.3. The number of carbonyl (C=O) groups is 2. The van der Waals surface area contributed by atoms with Gasteiger partial charge in [0.2, 0.25) is 11.7 Å². The molecule has 0 aliphatic heterocycles. The fraction of sp³-hybridized carbons (Fsp3) is 0.320. The minimum atomic E-state index is -0.564. The van der Waals surface area contributed by atoms with Crippen LogP contribution in [0.1, 0.15) is 43.1 Å². The van der Waals surface area contributed by atoms with Crippen molar-refractivity contribution in [3.63, 3.8) is 0 Å². The van der Waals surface area contributed by atoms with Crippen molar-refractivity contribution in [2.75, 3.05) is 0 Å². The first-order chi connectivity index (χ1) is 16.8. The van der Waals surface area contributed by atoms with Crippen LogP contribution in [-0.2, 0) is 24.4 Å². The van der Waals surface area contributed by atoms with Gasteiger partial charge in [-0.15, -0.1) is 5.10 Å². The lowest BCUT2D eigenvalue weighted by Gasteiger charge is -2.11. The molecule has 0 saturated carbocycles. The molecule has 0 atom stereocenters. The van der Waals surface area contributed by atoms with Gasteiger partial charge in [0.1, 0.15) is 6.54 Å². The van der Waals surface area contributed by atoms with Crippen LogP contribution in [0, 0.1) is 0 Å². The lowest BCUT2D eigenvalue weighted by molar-refractivity contribution is -0.122. The molecular weight excluding hydrogens is 448 g/mol. The Balaban J connectivity index is 1.78. The van der Waals surface area contributed by atoms with E-state index < -0.39 is 5.69 Å². The van der Waals surface area contributed by atoms with E-state index in [1.54, 1.807) is 12.1 Å². The van der Waals surface area contributed by atoms with E-state index in [0.29, 0.717) is 30.5 Å². The molecule has 2 aromatic heterocycles. The first kappa shape index (κ1) is 23.9. The van der Waals surface area contributed by atoms with Crippen molar-refractivity contribution in [2.45, 2.75) is 52.9 Å². The van der Waals surface area contributed by atoms with Gasteiger partial charge < -0.3 is 10.6 Å². The van der Waals surface area contributed by atoms with E-state index in [9.17, 15) is 19.2 Å². The first-order valence-electron chi connectivity index (χ1n) is 11.6. The van der Waals surface area contributed by atoms with Crippen molar-refractivity contribution < 1.29 is 9.59 Å². The van der Waals surface area contributed by atoms with E-state index in [4.69, 9.17) is 0 Å². The summed E-state index contributed by atoms with van der Waals surface area (Å²) in [4.78, 5) is 51.7. The molecule has 35 heavy (non-hydrogen) atoms. The van der Waals surface area contributed by atoms with E-state index in [-0.39, 0.29) is 41.3 Å². The van der Waals surface area contributed by atoms with E-state index in [0.717, 1.165) is 10.2 Å². The molecule has 2 N–H and O–H groups in total. The van der Waals surface area contributed by atoms with Crippen molar-refractivity contribution in [1.82, 2.24) is 29.4 Å². The minimum absolute atomic E-state index is 0.0735. The zero-order valence-electron chi connectivity index (χ0n) is 19.9. The summed E-state index contributed by atoms with van der Waals surface area (Å²) in [5, 5.41) is 10.2. The maximum Gasteiger partial charge on any atom is 0.352 e. The second kappa shape index (κ2) is 9.96. The summed E-state index contributed by atoms with van der Waals surface area (Å²) < 4.78 is 3.76. The number of carbonyl (C=O) groups excluding carboxylic acids is 2. The Bertz CT molecular complexity index is 1510. The summed E-state index contributed by atoms with van der Waals surface area (Å²) in [6.45, 7) is 5.97. The highest BCUT2D eigenvalue weighted by Crippen LogP contribution is 2.15. The smallest absolute Gasteiger partial charge is 0.350 e. The van der Waals surface area contributed by atoms with Crippen molar-refractivity contribution in [1.29, 1.82) is 0 Å². The summed E-state index contributed by atoms with van der Waals surface area (Å²) in [7, 11) is 0. The molecule has 2 aromatic carbocycles. The molecule has 0 aliphatic carbocycles. The Labute approximate surface area is 201 Å². The lowest BCUT2D eigenvalue weighted by Crippen LogP contribution is -2.33. The van der Waals surface area contributed by atoms with Crippen molar-refractivity contribution >= 4 is 28.5 Å². The highest BCUT2D eigenvalue weighted by atomic mass is 16.2. The van der Waals surface area contributed by atoms with Crippen molar-refractivity contribution in [2.24, 2.45) is 0 Å². The summed E-state index contributed by atoms with van der Waals surface area (Å²) in [5.41, 5.74) is 0.648. The molecule has 0 bridgehead atoms. The van der Waals surface area contributed by atoms with Gasteiger partial charge >= 0.3 is 5.69 Å². The first-order valence-corrected chi connectivity index (χ1v) is 11.6. The van der Waals surface area contributed by atoms with Gasteiger partial charge in [0.15, 0.2) is 0 Å². The molecule has 0 unspecified atom stereocenters. The number of aryl methyl sites for hydroxylation is 1. The molecule has 0 radical (unpaired) electrons. The molecule has 0 aliphatic rings. The number of hydrogen-bond donors (Lipinski definition) is 2. The molecular formula is C25H28N6O4. The highest BCUT2D eigenvalue weighted by Gasteiger charge is 2.20. The van der Waals surface area contributed by atoms with Crippen LogP contribution in [0.3, 0.4) is 0 Å². The van der Waals surface area contributed by atoms with Gasteiger partial charge in [-0.2, -0.15) is 0 Å². The standard InChI is InChI=1S/C25H28N6O4/c1-4-12-29-23(34)19-11-10-18(22(33)27-16(2)3)13-20(19)31-24(29)28-30(25(31)35)15-21(32)26-14-17-8-6-5-7-9-17/h5-11,13,16H,4,12,14-15H2,1-3H3,(H,26,32)(H,27,33). The second-order valence-electron chi connectivity index (χ2n) is 8.65. The van der Waals surface area contributed by atoms with E-state index in [2.05, 4.69) is 15.7 Å². The predicted molar refractivity (Wildman–Crippen MR) is 132 cm³/mol. The van der Waals surface area contributed by atoms with E-state index in [1.807, 2.05) is 51.1 Å². The van der Waals surface area contributed by atoms with Gasteiger partial charge in [0.05, 0.1) is 10.9 Å². The number of fused-ring (bicyclic) bond motifs is 3. The number of benzene rings is 2. The van der Waals surface area contributed by atoms with Gasteiger partial charge in [0.25, 0.3) is 11.5 Å². The molecule has 2 heterocycles. The number of rotatable bonds is 8. The average Bonchev–Trinajstić information content (AvgIpc) is 3.16. The van der Waals surface area contributed by atoms with Crippen LogP contribution in [0.2, 0.25) is 0 Å². The minimum Gasteiger partial charge on any atom is -0.350 e. The van der Waals surface area contributed by atoms with Crippen LogP contribution in [0.4, 0.5) is 0 Å². The Kier molecular flexibility index (Phi) is 6.81. The van der Waals surface area contributed by atoms with Crippen LogP contribution in [-0.4, -0.2) is 36.6 Å². The van der Waals surface area contributed by atoms with Gasteiger partial charge in [-0.05, 0) is 44.0 Å². The quantitative estimate of drug-likeness (QED) is 0.401. The number of nitrogens with zero attached hydrogens (tertiary/aromatic N) is 4. The van der Waals surface area contributed by atoms with Crippen LogP contribution < -0.4 is 21.9 Å². The van der Waals surface area contributed by atoms with Gasteiger partial charge in [-0.1, -0.05) is 37.3 Å². The Morgan fingerprint density at radius 3 is 2.49 bits per heavy atom. The molecule has 182 valence electrons. The Morgan fingerprint density at radius 1 is 1.06 bits per heavy atom. The fourth-order valence-corrected chi connectivity index (χ4v) is 3.92. The maximum atomic E-state index is 13.3. The Hall–Kier alpha value is -4.21. The average molecular weight is 477 g/mol. The molecule has 4 rings (SSSR count). The third kappa shape index (κ3) is 4.86. The normalized spacial score (nSPS) is 11.3. The van der Waals surface area contributed by atoms with Crippen LogP contribution in [0.25, 0.3) is 16.7 Å². The van der Waals surface area contributed by atoms with Gasteiger partial charge in [-0.25, -0.2) is 13.9 Å². The SMILES string of the molecule is CCCn1c(=O)c2ccc(C(=O)NC(C)C)cc2n2c(=O)n(CC(=O)NCc3ccccc3)nc12. The van der Waals surface area contributed by atoms with Gasteiger partial charge in [0, 0.05) is 24.7 Å². The number of amides is 2. The number of aromatic nitrogens is 4. The topological polar surface area (TPSA) is 120 Å². The second-order valence-corrected chi connectivity index (χ2v) is 8.65. The van der Waals surface area contributed by atoms with Gasteiger partial charge in [-0.3, -0.25) is 19.0 Å². The fourth-order valence-electron chi connectivity index (χ4n) is 3.92. The zero-order valence-corrected chi connectivity index (χ0v) is 19.9. The molecule has 0 saturated heterocycles. The van der Waals surface area contributed by atoms with Crippen LogP contribution in [0.15, 0.2) is 58.1 Å². The molecule has 10 nitrogen and oxygen atoms in total. The lowest BCUT2D eigenvalue weighted by atomic mass is 10.1. The molecule has 10 heteroatoms. The monoisotopic (exact) mass is 476 g/mol. The van der Waals surface area contributed by atoms with E-state index >= 15 is 0 Å². The highest BCUT2D eigenvalue weighted by molar-refractivity contribution is 5.98. The Morgan fingerprint density at radius 2 is 1.80 bits per heavy atom. The number of hydrogen-bond acceptors (Lipinski definition) is 5. The van der Waals surface area contributed by atoms with Crippen LogP contribution >= 0.6 is 0 Å². The third-order valence-electron chi connectivity index (χ3n) is 5.53. The van der Waals surface area contributed by atoms with Crippen molar-refractivity contribution in [3.05, 3.63) is 80.5 Å². The van der Waals surface area contributed by atoms with E-state index in [1.165, 1.54) is 15.0 Å². The molecule has 0 fully saturated rings. The summed E-state index contributed by atoms with van der Waals surface area (Å²) >= 11 is 0. The van der Waals surface area contributed by atoms with Crippen LogP contribution in [0.5, 0.6) is 0 Å². The number of nitrogens with one attached hydrogen (secondary N) is 2. The molecule has 2 amide bonds. The zero-order chi connectivity index (χ0) is 25.1. The molecule has 4 aromatic rings. The predicted octanol–water partition coefficient (Wildman–Crippen LogP) is 1.68.